The average Bonchev–Trinajstić information content (AvgIpc) is 2.35. The predicted molar refractivity (Wildman–Crippen MR) is 57.8 cm³/mol. The molecule has 1 aromatic carbocycles. The fraction of sp³-hybridized carbons (Fsp3) is 0.182. The van der Waals surface area contributed by atoms with E-state index >= 15 is 0 Å². The van der Waals surface area contributed by atoms with Gasteiger partial charge in [0.15, 0.2) is 0 Å². The lowest BCUT2D eigenvalue weighted by molar-refractivity contribution is -0.135. The lowest BCUT2D eigenvalue weighted by Gasteiger charge is -2.04. The molecule has 0 aliphatic heterocycles. The Hall–Kier alpha value is -2.37. The third-order valence-electron chi connectivity index (χ3n) is 1.95. The van der Waals surface area contributed by atoms with Crippen molar-refractivity contribution in [1.82, 2.24) is 5.32 Å². The van der Waals surface area contributed by atoms with Gasteiger partial charge < -0.3 is 15.2 Å². The van der Waals surface area contributed by atoms with Crippen LogP contribution in [0.2, 0.25) is 0 Å². The van der Waals surface area contributed by atoms with Gasteiger partial charge in [0.2, 0.25) is 0 Å². The van der Waals surface area contributed by atoms with Gasteiger partial charge in [-0.1, -0.05) is 6.07 Å². The minimum absolute atomic E-state index is 0.203. The number of hydrogen-bond acceptors (Lipinski definition) is 4. The van der Waals surface area contributed by atoms with Crippen molar-refractivity contribution in [2.45, 2.75) is 0 Å². The van der Waals surface area contributed by atoms with Crippen molar-refractivity contribution in [2.75, 3.05) is 13.7 Å². The molecule has 2 N–H and O–H groups in total. The first-order chi connectivity index (χ1) is 8.04. The third-order valence-corrected chi connectivity index (χ3v) is 1.95. The summed E-state index contributed by atoms with van der Waals surface area (Å²) < 4.78 is 4.50. The number of nitrogens with one attached hydrogen (secondary N) is 1. The fourth-order valence-corrected chi connectivity index (χ4v) is 1.16. The molecule has 6 nitrogen and oxygen atoms in total. The lowest BCUT2D eigenvalue weighted by atomic mass is 10.1. The van der Waals surface area contributed by atoms with Gasteiger partial charge in [-0.2, -0.15) is 0 Å². The van der Waals surface area contributed by atoms with Gasteiger partial charge in [-0.3, -0.25) is 9.59 Å². The Kier molecular flexibility index (Phi) is 4.21. The van der Waals surface area contributed by atoms with Crippen molar-refractivity contribution in [2.24, 2.45) is 0 Å². The summed E-state index contributed by atoms with van der Waals surface area (Å²) in [5.74, 6) is -2.25. The van der Waals surface area contributed by atoms with Crippen LogP contribution in [0.3, 0.4) is 0 Å². The van der Waals surface area contributed by atoms with Crippen LogP contribution in [0.4, 0.5) is 0 Å². The van der Waals surface area contributed by atoms with Crippen LogP contribution in [-0.2, 0) is 9.53 Å². The summed E-state index contributed by atoms with van der Waals surface area (Å²) in [6.07, 6.45) is 0. The lowest BCUT2D eigenvalue weighted by Crippen LogP contribution is -2.29. The first kappa shape index (κ1) is 12.7. The van der Waals surface area contributed by atoms with Crippen LogP contribution in [0.5, 0.6) is 0 Å². The van der Waals surface area contributed by atoms with Crippen LogP contribution < -0.4 is 5.32 Å². The molecule has 0 saturated carbocycles. The monoisotopic (exact) mass is 237 g/mol. The van der Waals surface area contributed by atoms with E-state index in [1.807, 2.05) is 0 Å². The van der Waals surface area contributed by atoms with Crippen LogP contribution in [-0.4, -0.2) is 36.6 Å². The molecular weight excluding hydrogens is 226 g/mol. The number of carbonyl (C=O) groups is 3. The molecule has 1 amide bonds. The Bertz CT molecular complexity index is 455. The number of methoxy groups -OCH3 is 1. The second-order valence-corrected chi connectivity index (χ2v) is 3.15. The number of benzene rings is 1. The van der Waals surface area contributed by atoms with Crippen molar-refractivity contribution in [3.8, 4) is 0 Å². The number of hydrogen-bond donors (Lipinski definition) is 2. The van der Waals surface area contributed by atoms with E-state index < -0.39 is 24.4 Å². The Labute approximate surface area is 97.2 Å². The van der Waals surface area contributed by atoms with Gasteiger partial charge in [0, 0.05) is 5.56 Å². The molecule has 0 aliphatic rings. The quantitative estimate of drug-likeness (QED) is 0.734. The summed E-state index contributed by atoms with van der Waals surface area (Å²) in [4.78, 5) is 33.0. The highest BCUT2D eigenvalue weighted by atomic mass is 16.5. The van der Waals surface area contributed by atoms with Crippen LogP contribution >= 0.6 is 0 Å². The minimum atomic E-state index is -1.14. The van der Waals surface area contributed by atoms with E-state index in [1.54, 1.807) is 0 Å². The number of ether oxygens (including phenoxy) is 1. The highest BCUT2D eigenvalue weighted by Gasteiger charge is 2.10. The highest BCUT2D eigenvalue weighted by molar-refractivity contribution is 5.98. The molecule has 6 heteroatoms. The molecule has 0 spiro atoms. The molecule has 0 saturated heterocycles. The molecule has 17 heavy (non-hydrogen) atoms. The molecule has 0 unspecified atom stereocenters. The third kappa shape index (κ3) is 3.60. The van der Waals surface area contributed by atoms with Gasteiger partial charge in [0.05, 0.1) is 12.7 Å². The summed E-state index contributed by atoms with van der Waals surface area (Å²) in [6.45, 7) is -0.471. The first-order valence-electron chi connectivity index (χ1n) is 4.73. The Morgan fingerprint density at radius 3 is 2.53 bits per heavy atom. The Morgan fingerprint density at radius 1 is 1.29 bits per heavy atom. The van der Waals surface area contributed by atoms with Gasteiger partial charge in [0.25, 0.3) is 5.91 Å². The van der Waals surface area contributed by atoms with Gasteiger partial charge >= 0.3 is 11.9 Å². The molecule has 0 atom stereocenters. The smallest absolute Gasteiger partial charge is 0.337 e. The molecule has 0 bridgehead atoms. The molecule has 0 aliphatic carbocycles. The maximum Gasteiger partial charge on any atom is 0.337 e. The SMILES string of the molecule is COC(=O)c1cccc(C(=O)NCC(=O)O)c1. The average molecular weight is 237 g/mol. The summed E-state index contributed by atoms with van der Waals surface area (Å²) in [7, 11) is 1.24. The topological polar surface area (TPSA) is 92.7 Å². The van der Waals surface area contributed by atoms with E-state index in [0.29, 0.717) is 0 Å². The van der Waals surface area contributed by atoms with Crippen molar-refractivity contribution < 1.29 is 24.2 Å². The number of carbonyl (C=O) groups excluding carboxylic acids is 2. The second-order valence-electron chi connectivity index (χ2n) is 3.15. The minimum Gasteiger partial charge on any atom is -0.480 e. The number of aliphatic carboxylic acids is 1. The number of carboxylic acids is 1. The van der Waals surface area contributed by atoms with E-state index in [1.165, 1.54) is 31.4 Å². The molecule has 0 heterocycles. The summed E-state index contributed by atoms with van der Waals surface area (Å²) in [5, 5.41) is 10.6. The molecule has 1 aromatic rings. The van der Waals surface area contributed by atoms with E-state index in [0.717, 1.165) is 0 Å². The van der Waals surface area contributed by atoms with E-state index in [2.05, 4.69) is 10.1 Å². The van der Waals surface area contributed by atoms with Gasteiger partial charge in [-0.05, 0) is 18.2 Å². The maximum atomic E-state index is 11.5. The Morgan fingerprint density at radius 2 is 1.94 bits per heavy atom. The molecule has 1 rings (SSSR count). The predicted octanol–water partition coefficient (Wildman–Crippen LogP) is 0.288. The molecular formula is C11H11NO5. The number of amides is 1. The van der Waals surface area contributed by atoms with Crippen molar-refractivity contribution in [3.63, 3.8) is 0 Å². The second kappa shape index (κ2) is 5.64. The molecule has 0 radical (unpaired) electrons. The van der Waals surface area contributed by atoms with Crippen molar-refractivity contribution in [1.29, 1.82) is 0 Å². The van der Waals surface area contributed by atoms with E-state index in [4.69, 9.17) is 5.11 Å². The van der Waals surface area contributed by atoms with Crippen LogP contribution in [0.1, 0.15) is 20.7 Å². The van der Waals surface area contributed by atoms with Gasteiger partial charge in [0.1, 0.15) is 6.54 Å². The molecule has 0 fully saturated rings. The number of rotatable bonds is 4. The number of carboxylic acid groups (broad SMARTS) is 1. The molecule has 90 valence electrons. The van der Waals surface area contributed by atoms with Gasteiger partial charge in [-0.25, -0.2) is 4.79 Å². The molecule has 0 aromatic heterocycles. The van der Waals surface area contributed by atoms with Crippen LogP contribution in [0.15, 0.2) is 24.3 Å². The standard InChI is InChI=1S/C11H11NO5/c1-17-11(16)8-4-2-3-7(5-8)10(15)12-6-9(13)14/h2-5H,6H2,1H3,(H,12,15)(H,13,14). The van der Waals surface area contributed by atoms with Crippen LogP contribution in [0, 0.1) is 0 Å². The zero-order chi connectivity index (χ0) is 12.8. The zero-order valence-electron chi connectivity index (χ0n) is 9.10. The summed E-state index contributed by atoms with van der Waals surface area (Å²) >= 11 is 0. The number of esters is 1. The van der Waals surface area contributed by atoms with E-state index in [9.17, 15) is 14.4 Å². The maximum absolute atomic E-state index is 11.5. The fourth-order valence-electron chi connectivity index (χ4n) is 1.16. The summed E-state index contributed by atoms with van der Waals surface area (Å²) in [5.41, 5.74) is 0.435. The van der Waals surface area contributed by atoms with Crippen LogP contribution in [0.25, 0.3) is 0 Å². The largest absolute Gasteiger partial charge is 0.480 e. The first-order valence-corrected chi connectivity index (χ1v) is 4.73. The Balaban J connectivity index is 2.80. The van der Waals surface area contributed by atoms with Crippen molar-refractivity contribution >= 4 is 17.8 Å². The van der Waals surface area contributed by atoms with E-state index in [-0.39, 0.29) is 11.1 Å². The normalized spacial score (nSPS) is 9.47. The van der Waals surface area contributed by atoms with Gasteiger partial charge in [-0.15, -0.1) is 0 Å². The summed E-state index contributed by atoms with van der Waals surface area (Å²) in [6, 6.07) is 5.83. The zero-order valence-corrected chi connectivity index (χ0v) is 9.10. The van der Waals surface area contributed by atoms with Crippen molar-refractivity contribution in [3.05, 3.63) is 35.4 Å². The highest BCUT2D eigenvalue weighted by Crippen LogP contribution is 2.06.